The lowest BCUT2D eigenvalue weighted by Gasteiger charge is -2.23. The Balaban J connectivity index is 2.88. The minimum absolute atomic E-state index is 0.202. The summed E-state index contributed by atoms with van der Waals surface area (Å²) in [7, 11) is -3.48. The van der Waals surface area contributed by atoms with E-state index in [4.69, 9.17) is 9.05 Å². The number of nitrogens with one attached hydrogen (secondary N) is 1. The van der Waals surface area contributed by atoms with Gasteiger partial charge in [-0.25, -0.2) is 9.65 Å². The Labute approximate surface area is 114 Å². The first-order valence-corrected chi connectivity index (χ1v) is 7.59. The van der Waals surface area contributed by atoms with E-state index in [1.807, 2.05) is 13.0 Å². The molecular formula is C14H20NO3P. The van der Waals surface area contributed by atoms with Crippen LogP contribution in [0.1, 0.15) is 13.8 Å². The summed E-state index contributed by atoms with van der Waals surface area (Å²) in [5, 5.41) is 2.80. The first-order valence-electron chi connectivity index (χ1n) is 6.05. The van der Waals surface area contributed by atoms with Gasteiger partial charge in [0, 0.05) is 6.04 Å². The van der Waals surface area contributed by atoms with Gasteiger partial charge in [-0.15, -0.1) is 13.2 Å². The zero-order valence-corrected chi connectivity index (χ0v) is 12.2. The predicted octanol–water partition coefficient (Wildman–Crippen LogP) is 3.93. The number of benzene rings is 1. The van der Waals surface area contributed by atoms with Crippen LogP contribution in [0.25, 0.3) is 0 Å². The van der Waals surface area contributed by atoms with Gasteiger partial charge in [-0.2, -0.15) is 0 Å². The Morgan fingerprint density at radius 3 is 2.37 bits per heavy atom. The molecule has 0 aliphatic rings. The second-order valence-corrected chi connectivity index (χ2v) is 5.75. The van der Waals surface area contributed by atoms with Gasteiger partial charge in [0.1, 0.15) is 5.75 Å². The average molecular weight is 281 g/mol. The monoisotopic (exact) mass is 281 g/mol. The van der Waals surface area contributed by atoms with Crippen molar-refractivity contribution in [1.82, 2.24) is 5.09 Å². The molecule has 0 saturated carbocycles. The van der Waals surface area contributed by atoms with Gasteiger partial charge in [-0.3, -0.25) is 4.52 Å². The van der Waals surface area contributed by atoms with Crippen molar-refractivity contribution in [3.8, 4) is 5.75 Å². The first-order chi connectivity index (χ1) is 8.99. The Hall–Kier alpha value is -1.35. The second kappa shape index (κ2) is 7.29. The van der Waals surface area contributed by atoms with Crippen LogP contribution in [0.4, 0.5) is 0 Å². The highest BCUT2D eigenvalue weighted by atomic mass is 31.2. The fourth-order valence-electron chi connectivity index (χ4n) is 1.26. The lowest BCUT2D eigenvalue weighted by molar-refractivity contribution is 0.220. The van der Waals surface area contributed by atoms with Gasteiger partial charge >= 0.3 is 7.75 Å². The maximum absolute atomic E-state index is 12.7. The highest BCUT2D eigenvalue weighted by molar-refractivity contribution is 7.52. The lowest BCUT2D eigenvalue weighted by atomic mass is 10.3. The van der Waals surface area contributed by atoms with E-state index >= 15 is 0 Å². The van der Waals surface area contributed by atoms with Gasteiger partial charge in [0.2, 0.25) is 0 Å². The summed E-state index contributed by atoms with van der Waals surface area (Å²) in [6.45, 7) is 10.8. The molecule has 3 atom stereocenters. The molecule has 4 nitrogen and oxygen atoms in total. The van der Waals surface area contributed by atoms with Gasteiger partial charge in [0.05, 0.1) is 6.10 Å². The molecule has 19 heavy (non-hydrogen) atoms. The molecule has 5 heteroatoms. The Morgan fingerprint density at radius 2 is 1.84 bits per heavy atom. The third-order valence-corrected chi connectivity index (χ3v) is 4.11. The van der Waals surface area contributed by atoms with Crippen molar-refractivity contribution >= 4 is 7.75 Å². The van der Waals surface area contributed by atoms with Gasteiger partial charge in [0.15, 0.2) is 0 Å². The number of para-hydroxylation sites is 1. The molecule has 0 amide bonds. The molecule has 0 bridgehead atoms. The number of hydrogen-bond donors (Lipinski definition) is 1. The van der Waals surface area contributed by atoms with Crippen LogP contribution < -0.4 is 9.61 Å². The minimum Gasteiger partial charge on any atom is -0.413 e. The SMILES string of the molecule is C=CC(C)OP(=O)(N[C@@H](C)C=C)Oc1ccccc1. The lowest BCUT2D eigenvalue weighted by Crippen LogP contribution is -2.26. The van der Waals surface area contributed by atoms with Crippen molar-refractivity contribution in [2.24, 2.45) is 0 Å². The third kappa shape index (κ3) is 5.43. The first kappa shape index (κ1) is 15.7. The van der Waals surface area contributed by atoms with E-state index in [0.717, 1.165) is 0 Å². The molecule has 0 aromatic heterocycles. The van der Waals surface area contributed by atoms with Crippen molar-refractivity contribution in [1.29, 1.82) is 0 Å². The Morgan fingerprint density at radius 1 is 1.21 bits per heavy atom. The van der Waals surface area contributed by atoms with Gasteiger partial charge in [-0.05, 0) is 26.0 Å². The van der Waals surface area contributed by atoms with Crippen molar-refractivity contribution in [2.45, 2.75) is 26.0 Å². The molecule has 1 N–H and O–H groups in total. The zero-order valence-electron chi connectivity index (χ0n) is 11.3. The van der Waals surface area contributed by atoms with Crippen molar-refractivity contribution < 1.29 is 13.6 Å². The topological polar surface area (TPSA) is 47.6 Å². The number of rotatable bonds is 8. The molecule has 1 aromatic carbocycles. The molecule has 0 spiro atoms. The molecule has 0 aliphatic heterocycles. The van der Waals surface area contributed by atoms with E-state index in [-0.39, 0.29) is 12.1 Å². The Kier molecular flexibility index (Phi) is 6.03. The maximum Gasteiger partial charge on any atom is 0.459 e. The van der Waals surface area contributed by atoms with E-state index in [1.54, 1.807) is 43.3 Å². The molecule has 1 rings (SSSR count). The second-order valence-electron chi connectivity index (χ2n) is 4.10. The maximum atomic E-state index is 12.7. The van der Waals surface area contributed by atoms with E-state index in [9.17, 15) is 4.57 Å². The molecule has 0 radical (unpaired) electrons. The van der Waals surface area contributed by atoms with Crippen molar-refractivity contribution in [2.75, 3.05) is 0 Å². The summed E-state index contributed by atoms with van der Waals surface area (Å²) in [6, 6.07) is 8.68. The van der Waals surface area contributed by atoms with Gasteiger partial charge in [0.25, 0.3) is 0 Å². The van der Waals surface area contributed by atoms with Crippen LogP contribution in [0.5, 0.6) is 5.75 Å². The van der Waals surface area contributed by atoms with Gasteiger partial charge in [-0.1, -0.05) is 30.4 Å². The summed E-state index contributed by atoms with van der Waals surface area (Å²) in [4.78, 5) is 0. The standard InChI is InChI=1S/C14H20NO3P/c1-5-12(3)15-19(16,17-13(4)6-2)18-14-10-8-7-9-11-14/h5-13H,1-2H2,3-4H3,(H,15,16)/t12-,13?,19?/m0/s1. The molecule has 0 aliphatic carbocycles. The van der Waals surface area contributed by atoms with E-state index in [1.165, 1.54) is 0 Å². The van der Waals surface area contributed by atoms with Crippen LogP contribution in [0, 0.1) is 0 Å². The molecule has 0 fully saturated rings. The highest BCUT2D eigenvalue weighted by Crippen LogP contribution is 2.46. The van der Waals surface area contributed by atoms with Crippen LogP contribution in [-0.4, -0.2) is 12.1 Å². The molecule has 0 saturated heterocycles. The smallest absolute Gasteiger partial charge is 0.413 e. The highest BCUT2D eigenvalue weighted by Gasteiger charge is 2.29. The average Bonchev–Trinajstić information content (AvgIpc) is 2.39. The fraction of sp³-hybridized carbons (Fsp3) is 0.286. The minimum atomic E-state index is -3.48. The van der Waals surface area contributed by atoms with E-state index in [0.29, 0.717) is 5.75 Å². The molecule has 1 aromatic rings. The van der Waals surface area contributed by atoms with Crippen LogP contribution in [0.3, 0.4) is 0 Å². The summed E-state index contributed by atoms with van der Waals surface area (Å²) >= 11 is 0. The molecule has 2 unspecified atom stereocenters. The summed E-state index contributed by atoms with van der Waals surface area (Å²) in [5.74, 6) is 0.478. The molecular weight excluding hydrogens is 261 g/mol. The third-order valence-electron chi connectivity index (χ3n) is 2.32. The van der Waals surface area contributed by atoms with Crippen LogP contribution in [0.2, 0.25) is 0 Å². The van der Waals surface area contributed by atoms with Crippen LogP contribution in [0.15, 0.2) is 55.6 Å². The largest absolute Gasteiger partial charge is 0.459 e. The summed E-state index contributed by atoms with van der Waals surface area (Å²) in [5.41, 5.74) is 0. The normalized spacial score (nSPS) is 16.9. The number of hydrogen-bond acceptors (Lipinski definition) is 3. The Bertz CT molecular complexity index is 441. The zero-order chi connectivity index (χ0) is 14.3. The van der Waals surface area contributed by atoms with E-state index in [2.05, 4.69) is 18.2 Å². The molecule has 0 heterocycles. The quantitative estimate of drug-likeness (QED) is 0.579. The fourth-order valence-corrected chi connectivity index (χ4v) is 2.95. The predicted molar refractivity (Wildman–Crippen MR) is 78.2 cm³/mol. The van der Waals surface area contributed by atoms with Gasteiger partial charge < -0.3 is 4.52 Å². The summed E-state index contributed by atoms with van der Waals surface area (Å²) in [6.07, 6.45) is 2.79. The summed E-state index contributed by atoms with van der Waals surface area (Å²) < 4.78 is 23.6. The van der Waals surface area contributed by atoms with E-state index < -0.39 is 7.75 Å². The van der Waals surface area contributed by atoms with Crippen LogP contribution in [-0.2, 0) is 9.09 Å². The van der Waals surface area contributed by atoms with Crippen LogP contribution >= 0.6 is 7.75 Å². The molecule has 104 valence electrons. The van der Waals surface area contributed by atoms with Crippen molar-refractivity contribution in [3.63, 3.8) is 0 Å². The van der Waals surface area contributed by atoms with Crippen molar-refractivity contribution in [3.05, 3.63) is 55.6 Å².